The highest BCUT2D eigenvalue weighted by molar-refractivity contribution is 5.71. The molecule has 0 spiro atoms. The molecule has 1 fully saturated rings. The highest BCUT2D eigenvalue weighted by atomic mass is 16.4. The fourth-order valence-corrected chi connectivity index (χ4v) is 2.42. The van der Waals surface area contributed by atoms with E-state index in [0.717, 1.165) is 43.6 Å². The van der Waals surface area contributed by atoms with Crippen molar-refractivity contribution < 1.29 is 9.90 Å². The third-order valence-corrected chi connectivity index (χ3v) is 3.55. The van der Waals surface area contributed by atoms with Crippen molar-refractivity contribution in [2.45, 2.75) is 39.5 Å². The van der Waals surface area contributed by atoms with E-state index in [1.54, 1.807) is 0 Å². The number of nitrogens with zero attached hydrogens (tertiary/aromatic N) is 4. The van der Waals surface area contributed by atoms with E-state index in [2.05, 4.69) is 15.2 Å². The van der Waals surface area contributed by atoms with E-state index in [0.29, 0.717) is 12.5 Å². The summed E-state index contributed by atoms with van der Waals surface area (Å²) in [4.78, 5) is 17.5. The molecule has 1 atom stereocenters. The molecular weight excluding hydrogens is 244 g/mol. The molecule has 0 aromatic carbocycles. The van der Waals surface area contributed by atoms with Gasteiger partial charge in [-0.1, -0.05) is 13.8 Å². The van der Waals surface area contributed by atoms with Gasteiger partial charge >= 0.3 is 5.97 Å². The normalized spacial score (nSPS) is 19.5. The Morgan fingerprint density at radius 3 is 2.68 bits per heavy atom. The van der Waals surface area contributed by atoms with Gasteiger partial charge in [-0.3, -0.25) is 4.79 Å². The summed E-state index contributed by atoms with van der Waals surface area (Å²) in [6.45, 7) is 5.36. The molecule has 1 aromatic rings. The zero-order valence-corrected chi connectivity index (χ0v) is 11.5. The third kappa shape index (κ3) is 3.00. The van der Waals surface area contributed by atoms with Crippen LogP contribution in [0.25, 0.3) is 0 Å². The van der Waals surface area contributed by atoms with Gasteiger partial charge in [-0.2, -0.15) is 5.10 Å². The molecule has 19 heavy (non-hydrogen) atoms. The number of carboxylic acid groups (broad SMARTS) is 1. The fourth-order valence-electron chi connectivity index (χ4n) is 2.42. The van der Waals surface area contributed by atoms with Crippen LogP contribution in [-0.4, -0.2) is 39.3 Å². The molecule has 0 bridgehead atoms. The van der Waals surface area contributed by atoms with Crippen LogP contribution in [0.4, 0.5) is 5.95 Å². The molecule has 0 amide bonds. The average molecular weight is 264 g/mol. The predicted molar refractivity (Wildman–Crippen MR) is 71.2 cm³/mol. The number of hydrogen-bond acceptors (Lipinski definition) is 5. The maximum Gasteiger partial charge on any atom is 0.308 e. The summed E-state index contributed by atoms with van der Waals surface area (Å²) in [6, 6.07) is 0. The molecule has 1 N–H and O–H groups in total. The van der Waals surface area contributed by atoms with E-state index >= 15 is 0 Å². The van der Waals surface area contributed by atoms with Crippen LogP contribution in [0.15, 0.2) is 0 Å². The molecule has 6 heteroatoms. The van der Waals surface area contributed by atoms with Crippen molar-refractivity contribution in [1.82, 2.24) is 15.2 Å². The molecule has 0 aliphatic carbocycles. The quantitative estimate of drug-likeness (QED) is 0.883. The Morgan fingerprint density at radius 1 is 1.32 bits per heavy atom. The van der Waals surface area contributed by atoms with Gasteiger partial charge in [0.25, 0.3) is 0 Å². The number of aryl methyl sites for hydroxylation is 2. The molecule has 1 aliphatic rings. The van der Waals surface area contributed by atoms with Crippen LogP contribution in [0.1, 0.15) is 38.1 Å². The van der Waals surface area contributed by atoms with E-state index in [-0.39, 0.29) is 5.92 Å². The summed E-state index contributed by atoms with van der Waals surface area (Å²) < 4.78 is 0. The number of anilines is 1. The molecule has 104 valence electrons. The number of carbonyl (C=O) groups is 1. The van der Waals surface area contributed by atoms with Crippen molar-refractivity contribution in [1.29, 1.82) is 0 Å². The third-order valence-electron chi connectivity index (χ3n) is 3.55. The van der Waals surface area contributed by atoms with Crippen molar-refractivity contribution in [3.8, 4) is 0 Å². The Kier molecular flexibility index (Phi) is 4.29. The van der Waals surface area contributed by atoms with Crippen LogP contribution < -0.4 is 4.90 Å². The lowest BCUT2D eigenvalue weighted by molar-refractivity contribution is -0.141. The summed E-state index contributed by atoms with van der Waals surface area (Å²) >= 11 is 0. The van der Waals surface area contributed by atoms with Gasteiger partial charge in [0, 0.05) is 13.1 Å². The van der Waals surface area contributed by atoms with Gasteiger partial charge in [-0.05, 0) is 25.7 Å². The van der Waals surface area contributed by atoms with Crippen LogP contribution in [0, 0.1) is 5.92 Å². The minimum Gasteiger partial charge on any atom is -0.481 e. The molecule has 2 rings (SSSR count). The van der Waals surface area contributed by atoms with Gasteiger partial charge in [0.15, 0.2) is 0 Å². The van der Waals surface area contributed by atoms with E-state index < -0.39 is 5.97 Å². The van der Waals surface area contributed by atoms with E-state index in [1.807, 2.05) is 18.7 Å². The molecular formula is C13H20N4O2. The predicted octanol–water partition coefficient (Wildman–Crippen LogP) is 1.30. The smallest absolute Gasteiger partial charge is 0.308 e. The Labute approximate surface area is 112 Å². The highest BCUT2D eigenvalue weighted by Gasteiger charge is 2.27. The van der Waals surface area contributed by atoms with Gasteiger partial charge in [-0.15, -0.1) is 5.10 Å². The van der Waals surface area contributed by atoms with E-state index in [4.69, 9.17) is 5.11 Å². The summed E-state index contributed by atoms with van der Waals surface area (Å²) in [5.41, 5.74) is 1.89. The number of piperidine rings is 1. The zero-order chi connectivity index (χ0) is 13.8. The van der Waals surface area contributed by atoms with Crippen molar-refractivity contribution in [2.75, 3.05) is 18.0 Å². The largest absolute Gasteiger partial charge is 0.481 e. The van der Waals surface area contributed by atoms with Crippen LogP contribution in [-0.2, 0) is 17.6 Å². The second kappa shape index (κ2) is 5.95. The number of rotatable bonds is 4. The second-order valence-corrected chi connectivity index (χ2v) is 4.84. The fraction of sp³-hybridized carbons (Fsp3) is 0.692. The van der Waals surface area contributed by atoms with Crippen molar-refractivity contribution >= 4 is 11.9 Å². The average Bonchev–Trinajstić information content (AvgIpc) is 2.46. The van der Waals surface area contributed by atoms with Crippen molar-refractivity contribution in [2.24, 2.45) is 5.92 Å². The first-order valence-corrected chi connectivity index (χ1v) is 6.85. The van der Waals surface area contributed by atoms with Crippen LogP contribution >= 0.6 is 0 Å². The Bertz CT molecular complexity index is 464. The summed E-state index contributed by atoms with van der Waals surface area (Å²) in [7, 11) is 0. The van der Waals surface area contributed by atoms with Crippen LogP contribution in [0.5, 0.6) is 0 Å². The summed E-state index contributed by atoms with van der Waals surface area (Å²) in [5, 5.41) is 17.5. The molecule has 1 aliphatic heterocycles. The Balaban J connectivity index is 2.19. The number of aromatic nitrogens is 3. The molecule has 1 saturated heterocycles. The van der Waals surface area contributed by atoms with E-state index in [9.17, 15) is 4.79 Å². The molecule has 1 unspecified atom stereocenters. The topological polar surface area (TPSA) is 79.2 Å². The van der Waals surface area contributed by atoms with E-state index in [1.165, 1.54) is 0 Å². The first-order valence-electron chi connectivity index (χ1n) is 6.85. The lowest BCUT2D eigenvalue weighted by Crippen LogP contribution is -2.40. The minimum absolute atomic E-state index is 0.326. The number of aliphatic carboxylic acids is 1. The maximum atomic E-state index is 11.1. The SMILES string of the molecule is CCc1nnc(N2CCCC(C(=O)O)C2)nc1CC. The van der Waals surface area contributed by atoms with Crippen molar-refractivity contribution in [3.63, 3.8) is 0 Å². The highest BCUT2D eigenvalue weighted by Crippen LogP contribution is 2.20. The monoisotopic (exact) mass is 264 g/mol. The Morgan fingerprint density at radius 2 is 2.05 bits per heavy atom. The standard InChI is InChI=1S/C13H20N4O2/c1-3-10-11(4-2)15-16-13(14-10)17-7-5-6-9(8-17)12(18)19/h9H,3-8H2,1-2H3,(H,18,19). The first kappa shape index (κ1) is 13.7. The van der Waals surface area contributed by atoms with Gasteiger partial charge in [0.05, 0.1) is 17.3 Å². The second-order valence-electron chi connectivity index (χ2n) is 4.84. The maximum absolute atomic E-state index is 11.1. The van der Waals surface area contributed by atoms with Crippen LogP contribution in [0.3, 0.4) is 0 Å². The van der Waals surface area contributed by atoms with Gasteiger partial charge < -0.3 is 10.0 Å². The van der Waals surface area contributed by atoms with Crippen LogP contribution in [0.2, 0.25) is 0 Å². The minimum atomic E-state index is -0.737. The number of hydrogen-bond donors (Lipinski definition) is 1. The number of carboxylic acids is 1. The molecule has 2 heterocycles. The molecule has 1 aromatic heterocycles. The zero-order valence-electron chi connectivity index (χ0n) is 11.5. The first-order chi connectivity index (χ1) is 9.15. The van der Waals surface area contributed by atoms with Gasteiger partial charge in [0.1, 0.15) is 0 Å². The molecule has 0 saturated carbocycles. The van der Waals surface area contributed by atoms with Gasteiger partial charge in [-0.25, -0.2) is 4.98 Å². The lowest BCUT2D eigenvalue weighted by Gasteiger charge is -2.30. The van der Waals surface area contributed by atoms with Crippen molar-refractivity contribution in [3.05, 3.63) is 11.4 Å². The summed E-state index contributed by atoms with van der Waals surface area (Å²) in [6.07, 6.45) is 3.23. The Hall–Kier alpha value is -1.72. The van der Waals surface area contributed by atoms with Gasteiger partial charge in [0.2, 0.25) is 5.95 Å². The molecule has 6 nitrogen and oxygen atoms in total. The summed E-state index contributed by atoms with van der Waals surface area (Å²) in [5.74, 6) is -0.494. The molecule has 0 radical (unpaired) electrons. The lowest BCUT2D eigenvalue weighted by atomic mass is 9.99.